The topological polar surface area (TPSA) is 54.6 Å². The van der Waals surface area contributed by atoms with Crippen LogP contribution in [-0.2, 0) is 14.9 Å². The standard InChI is InChI=1S/C26H29FN2O3/c1-31-21-6-7-24-22(16-21)23(17-28-24)18-8-12-29(13-9-18)25(30)26(10-14-32-15-11-26)19-2-4-20(27)5-3-19/h2-7,16-18,28H,8-15H2,1H3. The van der Waals surface area contributed by atoms with Crippen molar-refractivity contribution in [3.05, 3.63) is 65.6 Å². The number of nitrogens with zero attached hydrogens (tertiary/aromatic N) is 1. The van der Waals surface area contributed by atoms with Crippen molar-refractivity contribution < 1.29 is 18.7 Å². The molecule has 1 amide bonds. The summed E-state index contributed by atoms with van der Waals surface area (Å²) in [7, 11) is 1.69. The van der Waals surface area contributed by atoms with Crippen molar-refractivity contribution >= 4 is 16.8 Å². The van der Waals surface area contributed by atoms with Crippen molar-refractivity contribution in [2.24, 2.45) is 0 Å². The van der Waals surface area contributed by atoms with Crippen LogP contribution in [0.15, 0.2) is 48.7 Å². The highest BCUT2D eigenvalue weighted by Crippen LogP contribution is 2.40. The van der Waals surface area contributed by atoms with E-state index in [2.05, 4.69) is 17.2 Å². The van der Waals surface area contributed by atoms with Crippen LogP contribution in [0, 0.1) is 5.82 Å². The molecule has 3 heterocycles. The number of hydrogen-bond donors (Lipinski definition) is 1. The number of carbonyl (C=O) groups excluding carboxylic acids is 1. The summed E-state index contributed by atoms with van der Waals surface area (Å²) in [4.78, 5) is 19.2. The van der Waals surface area contributed by atoms with E-state index in [1.165, 1.54) is 23.1 Å². The zero-order valence-electron chi connectivity index (χ0n) is 18.4. The molecule has 2 aliphatic rings. The fourth-order valence-corrected chi connectivity index (χ4v) is 5.40. The van der Waals surface area contributed by atoms with Crippen LogP contribution in [0.1, 0.15) is 42.7 Å². The van der Waals surface area contributed by atoms with Crippen molar-refractivity contribution in [2.75, 3.05) is 33.4 Å². The number of rotatable bonds is 4. The minimum absolute atomic E-state index is 0.159. The molecule has 0 saturated carbocycles. The maximum Gasteiger partial charge on any atom is 0.233 e. The quantitative estimate of drug-likeness (QED) is 0.641. The smallest absolute Gasteiger partial charge is 0.233 e. The Kier molecular flexibility index (Phi) is 5.64. The lowest BCUT2D eigenvalue weighted by Gasteiger charge is -2.42. The molecule has 168 valence electrons. The van der Waals surface area contributed by atoms with Gasteiger partial charge in [0.2, 0.25) is 5.91 Å². The summed E-state index contributed by atoms with van der Waals surface area (Å²) in [5, 5.41) is 1.20. The monoisotopic (exact) mass is 436 g/mol. The van der Waals surface area contributed by atoms with Crippen LogP contribution in [0.3, 0.4) is 0 Å². The van der Waals surface area contributed by atoms with Crippen LogP contribution >= 0.6 is 0 Å². The molecule has 5 nitrogen and oxygen atoms in total. The number of piperidine rings is 1. The zero-order valence-corrected chi connectivity index (χ0v) is 18.4. The molecule has 1 aromatic heterocycles. The summed E-state index contributed by atoms with van der Waals surface area (Å²) in [6, 6.07) is 12.6. The van der Waals surface area contributed by atoms with Gasteiger partial charge < -0.3 is 19.4 Å². The molecule has 0 aliphatic carbocycles. The third-order valence-corrected chi connectivity index (χ3v) is 7.30. The molecule has 0 unspecified atom stereocenters. The largest absolute Gasteiger partial charge is 0.497 e. The fraction of sp³-hybridized carbons (Fsp3) is 0.423. The first-order valence-electron chi connectivity index (χ1n) is 11.4. The number of H-pyrrole nitrogens is 1. The number of hydrogen-bond acceptors (Lipinski definition) is 3. The van der Waals surface area contributed by atoms with E-state index in [1.54, 1.807) is 19.2 Å². The van der Waals surface area contributed by atoms with Crippen LogP contribution < -0.4 is 4.74 Å². The van der Waals surface area contributed by atoms with Crippen molar-refractivity contribution in [2.45, 2.75) is 37.0 Å². The SMILES string of the molecule is COc1ccc2[nH]cc(C3CCN(C(=O)C4(c5ccc(F)cc5)CCOCC4)CC3)c2c1. The van der Waals surface area contributed by atoms with Gasteiger partial charge in [0.25, 0.3) is 0 Å². The van der Waals surface area contributed by atoms with Crippen molar-refractivity contribution in [3.8, 4) is 5.75 Å². The van der Waals surface area contributed by atoms with Crippen molar-refractivity contribution in [1.29, 1.82) is 0 Å². The highest BCUT2D eigenvalue weighted by Gasteiger charge is 2.44. The number of aromatic amines is 1. The lowest BCUT2D eigenvalue weighted by Crippen LogP contribution is -2.51. The third-order valence-electron chi connectivity index (χ3n) is 7.30. The van der Waals surface area contributed by atoms with E-state index in [9.17, 15) is 9.18 Å². The molecule has 0 atom stereocenters. The fourth-order valence-electron chi connectivity index (χ4n) is 5.40. The van der Waals surface area contributed by atoms with E-state index in [0.29, 0.717) is 32.0 Å². The maximum absolute atomic E-state index is 13.8. The summed E-state index contributed by atoms with van der Waals surface area (Å²) in [5.74, 6) is 1.13. The normalized spacial score (nSPS) is 19.2. The Labute approximate surface area is 187 Å². The van der Waals surface area contributed by atoms with Crippen LogP contribution in [0.5, 0.6) is 5.75 Å². The van der Waals surface area contributed by atoms with Gasteiger partial charge in [-0.3, -0.25) is 4.79 Å². The Balaban J connectivity index is 1.35. The first kappa shape index (κ1) is 21.0. The lowest BCUT2D eigenvalue weighted by molar-refractivity contribution is -0.142. The van der Waals surface area contributed by atoms with Crippen LogP contribution in [0.25, 0.3) is 10.9 Å². The van der Waals surface area contributed by atoms with Gasteiger partial charge in [0, 0.05) is 43.4 Å². The summed E-state index contributed by atoms with van der Waals surface area (Å²) in [6.45, 7) is 2.56. The number of carbonyl (C=O) groups is 1. The molecule has 2 fully saturated rings. The van der Waals surface area contributed by atoms with E-state index in [0.717, 1.165) is 42.8 Å². The van der Waals surface area contributed by atoms with E-state index >= 15 is 0 Å². The van der Waals surface area contributed by atoms with E-state index in [1.807, 2.05) is 17.0 Å². The van der Waals surface area contributed by atoms with Gasteiger partial charge in [0.15, 0.2) is 0 Å². The lowest BCUT2D eigenvalue weighted by atomic mass is 9.72. The first-order valence-corrected chi connectivity index (χ1v) is 11.4. The number of ether oxygens (including phenoxy) is 2. The predicted molar refractivity (Wildman–Crippen MR) is 122 cm³/mol. The average molecular weight is 437 g/mol. The number of benzene rings is 2. The number of methoxy groups -OCH3 is 1. The molecule has 5 rings (SSSR count). The summed E-state index contributed by atoms with van der Waals surface area (Å²) in [6.07, 6.45) is 5.22. The van der Waals surface area contributed by atoms with Crippen LogP contribution in [0.2, 0.25) is 0 Å². The molecule has 0 spiro atoms. The molecule has 2 saturated heterocycles. The number of aromatic nitrogens is 1. The molecule has 0 bridgehead atoms. The second-order valence-corrected chi connectivity index (χ2v) is 8.92. The number of nitrogens with one attached hydrogen (secondary N) is 1. The maximum atomic E-state index is 13.8. The van der Waals surface area contributed by atoms with Gasteiger partial charge in [0.05, 0.1) is 12.5 Å². The zero-order chi connectivity index (χ0) is 22.1. The number of fused-ring (bicyclic) bond motifs is 1. The molecular formula is C26H29FN2O3. The van der Waals surface area contributed by atoms with Gasteiger partial charge in [-0.05, 0) is 73.1 Å². The minimum atomic E-state index is -0.618. The van der Waals surface area contributed by atoms with Gasteiger partial charge in [0.1, 0.15) is 11.6 Å². The molecular weight excluding hydrogens is 407 g/mol. The summed E-state index contributed by atoms with van der Waals surface area (Å²) in [5.41, 5.74) is 2.69. The third kappa shape index (κ3) is 3.66. The first-order chi connectivity index (χ1) is 15.6. The molecule has 2 aliphatic heterocycles. The highest BCUT2D eigenvalue weighted by molar-refractivity contribution is 5.89. The van der Waals surface area contributed by atoms with E-state index in [-0.39, 0.29) is 11.7 Å². The Morgan fingerprint density at radius 3 is 2.53 bits per heavy atom. The summed E-state index contributed by atoms with van der Waals surface area (Å²) >= 11 is 0. The molecule has 32 heavy (non-hydrogen) atoms. The molecule has 6 heteroatoms. The Bertz CT molecular complexity index is 1090. The minimum Gasteiger partial charge on any atom is -0.497 e. The number of amides is 1. The van der Waals surface area contributed by atoms with Crippen molar-refractivity contribution in [3.63, 3.8) is 0 Å². The van der Waals surface area contributed by atoms with Gasteiger partial charge in [-0.15, -0.1) is 0 Å². The second kappa shape index (κ2) is 8.58. The second-order valence-electron chi connectivity index (χ2n) is 8.92. The number of halogens is 1. The van der Waals surface area contributed by atoms with Gasteiger partial charge in [-0.2, -0.15) is 0 Å². The Hall–Kier alpha value is -2.86. The average Bonchev–Trinajstić information content (AvgIpc) is 3.27. The van der Waals surface area contributed by atoms with E-state index in [4.69, 9.17) is 9.47 Å². The predicted octanol–water partition coefficient (Wildman–Crippen LogP) is 4.77. The molecule has 3 aromatic rings. The van der Waals surface area contributed by atoms with Crippen LogP contribution in [0.4, 0.5) is 4.39 Å². The van der Waals surface area contributed by atoms with Gasteiger partial charge in [-0.1, -0.05) is 12.1 Å². The Morgan fingerprint density at radius 2 is 1.84 bits per heavy atom. The summed E-state index contributed by atoms with van der Waals surface area (Å²) < 4.78 is 24.5. The van der Waals surface area contributed by atoms with Gasteiger partial charge >= 0.3 is 0 Å². The van der Waals surface area contributed by atoms with E-state index < -0.39 is 5.41 Å². The molecule has 1 N–H and O–H groups in total. The Morgan fingerprint density at radius 1 is 1.12 bits per heavy atom. The van der Waals surface area contributed by atoms with Crippen molar-refractivity contribution in [1.82, 2.24) is 9.88 Å². The van der Waals surface area contributed by atoms with Crippen LogP contribution in [-0.4, -0.2) is 49.2 Å². The number of likely N-dealkylation sites (tertiary alicyclic amines) is 1. The van der Waals surface area contributed by atoms with Gasteiger partial charge in [-0.25, -0.2) is 4.39 Å². The molecule has 2 aromatic carbocycles. The highest BCUT2D eigenvalue weighted by atomic mass is 19.1. The molecule has 0 radical (unpaired) electrons.